The zero-order valence-electron chi connectivity index (χ0n) is 13.9. The van der Waals surface area contributed by atoms with Crippen LogP contribution >= 0.6 is 0 Å². The summed E-state index contributed by atoms with van der Waals surface area (Å²) in [7, 11) is 1.46. The first-order valence-electron chi connectivity index (χ1n) is 7.56. The summed E-state index contributed by atoms with van der Waals surface area (Å²) in [5, 5.41) is 16.1. The molecule has 3 aromatic rings. The molecule has 3 aromatic heterocycles. The van der Waals surface area contributed by atoms with Crippen LogP contribution < -0.4 is 16.0 Å². The first kappa shape index (κ1) is 16.6. The molecule has 0 spiro atoms. The molecule has 2 N–H and O–H groups in total. The number of nitrogens with zero attached hydrogens (tertiary/aromatic N) is 6. The van der Waals surface area contributed by atoms with Crippen LogP contribution in [0.3, 0.4) is 0 Å². The predicted octanol–water partition coefficient (Wildman–Crippen LogP) is -0.112. The number of hydrogen-bond acceptors (Lipinski definition) is 7. The van der Waals surface area contributed by atoms with Gasteiger partial charge in [-0.15, -0.1) is 10.2 Å². The number of aromatic nitrogens is 6. The fourth-order valence-corrected chi connectivity index (χ4v) is 2.50. The average Bonchev–Trinajstić information content (AvgIpc) is 3.03. The molecule has 0 saturated heterocycles. The molecule has 0 aromatic carbocycles. The van der Waals surface area contributed by atoms with E-state index < -0.39 is 17.5 Å². The number of carbonyl (C=O) groups excluding carboxylic acids is 1. The third-order valence-corrected chi connectivity index (χ3v) is 3.69. The molecule has 3 heterocycles. The molecule has 10 nitrogen and oxygen atoms in total. The Morgan fingerprint density at radius 3 is 2.68 bits per heavy atom. The molecule has 0 aliphatic carbocycles. The lowest BCUT2D eigenvalue weighted by atomic mass is 10.1. The Morgan fingerprint density at radius 2 is 2.04 bits per heavy atom. The Hall–Kier alpha value is -3.30. The molecule has 0 saturated carbocycles. The Labute approximate surface area is 142 Å². The molecule has 1 atom stereocenters. The largest absolute Gasteiger partial charge is 0.495 e. The van der Waals surface area contributed by atoms with Crippen molar-refractivity contribution in [1.29, 1.82) is 0 Å². The van der Waals surface area contributed by atoms with Gasteiger partial charge in [0.1, 0.15) is 17.8 Å². The van der Waals surface area contributed by atoms with Crippen LogP contribution in [0.2, 0.25) is 0 Å². The molecule has 0 radical (unpaired) electrons. The predicted molar refractivity (Wildman–Crippen MR) is 87.3 cm³/mol. The highest BCUT2D eigenvalue weighted by atomic mass is 16.5. The van der Waals surface area contributed by atoms with Crippen LogP contribution in [0, 0.1) is 0 Å². The number of methoxy groups -OCH3 is 1. The number of primary amides is 1. The van der Waals surface area contributed by atoms with E-state index in [0.29, 0.717) is 17.1 Å². The van der Waals surface area contributed by atoms with Gasteiger partial charge in [0, 0.05) is 12.0 Å². The minimum atomic E-state index is -1.16. The minimum absolute atomic E-state index is 0.0244. The summed E-state index contributed by atoms with van der Waals surface area (Å²) in [6.07, 6.45) is 1.39. The molecule has 1 amide bonds. The highest BCUT2D eigenvalue weighted by Crippen LogP contribution is 2.23. The van der Waals surface area contributed by atoms with Crippen LogP contribution in [0.15, 0.2) is 29.3 Å². The Bertz CT molecular complexity index is 992. The quantitative estimate of drug-likeness (QED) is 0.684. The lowest BCUT2D eigenvalue weighted by molar-refractivity contribution is -0.120. The van der Waals surface area contributed by atoms with Gasteiger partial charge in [-0.1, -0.05) is 13.8 Å². The van der Waals surface area contributed by atoms with Crippen LogP contribution in [-0.2, 0) is 4.79 Å². The van der Waals surface area contributed by atoms with Crippen molar-refractivity contribution in [2.45, 2.75) is 25.8 Å². The maximum absolute atomic E-state index is 12.5. The molecule has 1 unspecified atom stereocenters. The van der Waals surface area contributed by atoms with Crippen molar-refractivity contribution in [3.63, 3.8) is 0 Å². The van der Waals surface area contributed by atoms with Crippen LogP contribution in [-0.4, -0.2) is 42.6 Å². The highest BCUT2D eigenvalue weighted by Gasteiger charge is 2.26. The van der Waals surface area contributed by atoms with E-state index in [0.717, 1.165) is 4.68 Å². The first-order valence-corrected chi connectivity index (χ1v) is 7.56. The number of nitrogens with two attached hydrogens (primary N) is 1. The van der Waals surface area contributed by atoms with E-state index in [1.807, 2.05) is 13.8 Å². The fraction of sp³-hybridized carbons (Fsp3) is 0.333. The second-order valence-electron chi connectivity index (χ2n) is 5.73. The lowest BCUT2D eigenvalue weighted by Crippen LogP contribution is -2.37. The van der Waals surface area contributed by atoms with E-state index in [4.69, 9.17) is 10.5 Å². The number of carbonyl (C=O) groups is 1. The van der Waals surface area contributed by atoms with Gasteiger partial charge >= 0.3 is 0 Å². The van der Waals surface area contributed by atoms with E-state index in [9.17, 15) is 9.59 Å². The second kappa shape index (κ2) is 6.30. The summed E-state index contributed by atoms with van der Waals surface area (Å²) in [5.41, 5.74) is 6.32. The Morgan fingerprint density at radius 1 is 1.28 bits per heavy atom. The molecule has 0 aliphatic rings. The topological polar surface area (TPSA) is 130 Å². The summed E-state index contributed by atoms with van der Waals surface area (Å²) in [6.45, 7) is 3.81. The van der Waals surface area contributed by atoms with Gasteiger partial charge in [0.25, 0.3) is 5.56 Å². The highest BCUT2D eigenvalue weighted by molar-refractivity contribution is 5.81. The molecule has 25 heavy (non-hydrogen) atoms. The summed E-state index contributed by atoms with van der Waals surface area (Å²) in [4.78, 5) is 24.5. The van der Waals surface area contributed by atoms with Crippen molar-refractivity contribution in [3.05, 3.63) is 46.3 Å². The maximum atomic E-state index is 12.5. The van der Waals surface area contributed by atoms with E-state index in [1.54, 1.807) is 12.1 Å². The molecular formula is C15H17N7O3. The smallest absolute Gasteiger partial charge is 0.271 e. The van der Waals surface area contributed by atoms with Crippen LogP contribution in [0.25, 0.3) is 5.65 Å². The number of ether oxygens (including phenoxy) is 1. The van der Waals surface area contributed by atoms with Crippen LogP contribution in [0.1, 0.15) is 37.2 Å². The molecule has 10 heteroatoms. The van der Waals surface area contributed by atoms with Gasteiger partial charge in [-0.05, 0) is 12.1 Å². The van der Waals surface area contributed by atoms with Gasteiger partial charge < -0.3 is 10.5 Å². The van der Waals surface area contributed by atoms with Gasteiger partial charge in [0.05, 0.1) is 12.8 Å². The van der Waals surface area contributed by atoms with Crippen LogP contribution in [0.4, 0.5) is 0 Å². The monoisotopic (exact) mass is 343 g/mol. The van der Waals surface area contributed by atoms with Crippen molar-refractivity contribution in [2.24, 2.45) is 5.73 Å². The third-order valence-electron chi connectivity index (χ3n) is 3.69. The standard InChI is InChI=1S/C15H17N7O3/c1-8(2)13-10(25-3)6-12(23)22(20-13)14(15(16)24)9-4-5-11-18-17-7-21(11)19-9/h4-8,14H,1-3H3,(H2,16,24). The molecule has 0 bridgehead atoms. The van der Waals surface area contributed by atoms with E-state index in [-0.39, 0.29) is 11.6 Å². The molecule has 0 fully saturated rings. The zero-order chi connectivity index (χ0) is 18.1. The number of amides is 1. The first-order chi connectivity index (χ1) is 11.9. The van der Waals surface area contributed by atoms with Gasteiger partial charge in [0.2, 0.25) is 5.91 Å². The van der Waals surface area contributed by atoms with Gasteiger partial charge in [-0.25, -0.2) is 9.20 Å². The third kappa shape index (κ3) is 2.93. The molecular weight excluding hydrogens is 326 g/mol. The van der Waals surface area contributed by atoms with Crippen molar-refractivity contribution in [3.8, 4) is 5.75 Å². The average molecular weight is 343 g/mol. The molecule has 130 valence electrons. The lowest BCUT2D eigenvalue weighted by Gasteiger charge is -2.18. The van der Waals surface area contributed by atoms with Crippen molar-refractivity contribution >= 4 is 11.6 Å². The van der Waals surface area contributed by atoms with Crippen molar-refractivity contribution in [2.75, 3.05) is 7.11 Å². The van der Waals surface area contributed by atoms with Gasteiger partial charge in [0.15, 0.2) is 11.7 Å². The summed E-state index contributed by atoms with van der Waals surface area (Å²) in [5.74, 6) is -0.417. The van der Waals surface area contributed by atoms with E-state index in [1.165, 1.54) is 24.0 Å². The van der Waals surface area contributed by atoms with Gasteiger partial charge in [-0.2, -0.15) is 10.2 Å². The molecule has 3 rings (SSSR count). The Kier molecular flexibility index (Phi) is 4.17. The number of fused-ring (bicyclic) bond motifs is 1. The second-order valence-corrected chi connectivity index (χ2v) is 5.73. The van der Waals surface area contributed by atoms with Crippen molar-refractivity contribution in [1.82, 2.24) is 29.6 Å². The maximum Gasteiger partial charge on any atom is 0.271 e. The Balaban J connectivity index is 2.20. The molecule has 0 aliphatic heterocycles. The SMILES string of the molecule is COc1cc(=O)n(C(C(N)=O)c2ccc3nncn3n2)nc1C(C)C. The van der Waals surface area contributed by atoms with Gasteiger partial charge in [-0.3, -0.25) is 9.59 Å². The number of hydrogen-bond donors (Lipinski definition) is 1. The fourth-order valence-electron chi connectivity index (χ4n) is 2.50. The van der Waals surface area contributed by atoms with Crippen LogP contribution in [0.5, 0.6) is 5.75 Å². The minimum Gasteiger partial charge on any atom is -0.495 e. The summed E-state index contributed by atoms with van der Waals surface area (Å²) < 4.78 is 7.63. The zero-order valence-corrected chi connectivity index (χ0v) is 13.9. The van der Waals surface area contributed by atoms with E-state index >= 15 is 0 Å². The normalized spacial score (nSPS) is 12.5. The summed E-state index contributed by atoms with van der Waals surface area (Å²) in [6, 6.07) is 3.31. The number of rotatable bonds is 5. The summed E-state index contributed by atoms with van der Waals surface area (Å²) >= 11 is 0. The van der Waals surface area contributed by atoms with Crippen molar-refractivity contribution < 1.29 is 9.53 Å². The van der Waals surface area contributed by atoms with E-state index in [2.05, 4.69) is 20.4 Å².